The molecule has 7 aromatic rings. The average Bonchev–Trinajstić information content (AvgIpc) is 3.55. The van der Waals surface area contributed by atoms with Crippen molar-refractivity contribution in [3.63, 3.8) is 0 Å². The molecule has 9 nitrogen and oxygen atoms in total. The van der Waals surface area contributed by atoms with Gasteiger partial charge >= 0.3 is 0 Å². The Balaban J connectivity index is 1.38. The van der Waals surface area contributed by atoms with Crippen molar-refractivity contribution in [2.75, 3.05) is 0 Å². The van der Waals surface area contributed by atoms with Crippen LogP contribution in [0.25, 0.3) is 44.4 Å². The molecule has 0 aliphatic carbocycles. The van der Waals surface area contributed by atoms with Crippen molar-refractivity contribution >= 4 is 60.6 Å². The highest BCUT2D eigenvalue weighted by atomic mass is 79.9. The fourth-order valence-electron chi connectivity index (χ4n) is 5.41. The maximum Gasteiger partial charge on any atom is 0.282 e. The van der Waals surface area contributed by atoms with E-state index < -0.39 is 4.92 Å². The van der Waals surface area contributed by atoms with Crippen LogP contribution in [-0.2, 0) is 6.54 Å². The Morgan fingerprint density at radius 1 is 0.977 bits per heavy atom. The molecule has 0 bridgehead atoms. The van der Waals surface area contributed by atoms with Crippen LogP contribution in [0.2, 0.25) is 0 Å². The lowest BCUT2D eigenvalue weighted by Crippen LogP contribution is -2.20. The number of fused-ring (bicyclic) bond motifs is 3. The number of non-ortho nitro benzene ring substituents is 1. The molecule has 0 fully saturated rings. The van der Waals surface area contributed by atoms with Crippen molar-refractivity contribution in [1.29, 1.82) is 0 Å². The van der Waals surface area contributed by atoms with Crippen LogP contribution >= 0.6 is 15.9 Å². The SMILES string of the molecule is Cc1c(C=Nn2c(-c3cc4cc(Br)ccc4o3)nc3ccccc3c2=O)c2ccccc2n1Cc1cccc([N+](=O)[O-])c1. The zero-order valence-corrected chi connectivity index (χ0v) is 24.4. The third-order valence-electron chi connectivity index (χ3n) is 7.50. The minimum atomic E-state index is -0.393. The highest BCUT2D eigenvalue weighted by molar-refractivity contribution is 9.10. The summed E-state index contributed by atoms with van der Waals surface area (Å²) in [5.74, 6) is 0.697. The predicted octanol–water partition coefficient (Wildman–Crippen LogP) is 7.67. The molecule has 3 heterocycles. The fourth-order valence-corrected chi connectivity index (χ4v) is 5.78. The lowest BCUT2D eigenvalue weighted by atomic mass is 10.1. The van der Waals surface area contributed by atoms with Crippen LogP contribution in [0.3, 0.4) is 0 Å². The van der Waals surface area contributed by atoms with E-state index in [9.17, 15) is 14.9 Å². The molecule has 0 atom stereocenters. The van der Waals surface area contributed by atoms with Crippen LogP contribution in [0.4, 0.5) is 5.69 Å². The standard InChI is InChI=1S/C33H22BrN5O4/c1-20-27(25-9-3-5-12-29(25)37(20)19-21-7-6-8-24(15-21)39(41)42)18-35-38-32(36-28-11-4-2-10-26(28)33(38)40)31-17-22-16-23(34)13-14-30(22)43-31/h2-18H,19H2,1H3. The van der Waals surface area contributed by atoms with Gasteiger partial charge in [-0.15, -0.1) is 0 Å². The molecule has 0 aliphatic rings. The van der Waals surface area contributed by atoms with Crippen LogP contribution in [0.5, 0.6) is 0 Å². The number of furan rings is 1. The van der Waals surface area contributed by atoms with Crippen molar-refractivity contribution in [3.8, 4) is 11.6 Å². The number of nitro benzene ring substituents is 1. The normalized spacial score (nSPS) is 11.8. The second-order valence-corrected chi connectivity index (χ2v) is 11.1. The first-order chi connectivity index (χ1) is 20.9. The minimum Gasteiger partial charge on any atom is -0.453 e. The predicted molar refractivity (Wildman–Crippen MR) is 171 cm³/mol. The molecule has 43 heavy (non-hydrogen) atoms. The van der Waals surface area contributed by atoms with Crippen molar-refractivity contribution in [2.45, 2.75) is 13.5 Å². The molecule has 4 aromatic carbocycles. The van der Waals surface area contributed by atoms with Gasteiger partial charge in [0.15, 0.2) is 5.76 Å². The summed E-state index contributed by atoms with van der Waals surface area (Å²) in [5.41, 5.74) is 4.39. The van der Waals surface area contributed by atoms with Gasteiger partial charge in [-0.25, -0.2) is 4.98 Å². The smallest absolute Gasteiger partial charge is 0.282 e. The van der Waals surface area contributed by atoms with Crippen molar-refractivity contribution < 1.29 is 9.34 Å². The van der Waals surface area contributed by atoms with Gasteiger partial charge in [0, 0.05) is 50.7 Å². The molecule has 0 N–H and O–H groups in total. The minimum absolute atomic E-state index is 0.0436. The summed E-state index contributed by atoms with van der Waals surface area (Å²) < 4.78 is 10.4. The summed E-state index contributed by atoms with van der Waals surface area (Å²) in [5, 5.41) is 18.3. The summed E-state index contributed by atoms with van der Waals surface area (Å²) in [7, 11) is 0. The van der Waals surface area contributed by atoms with E-state index in [1.807, 2.05) is 67.6 Å². The average molecular weight is 632 g/mol. The molecule has 0 saturated heterocycles. The Hall–Kier alpha value is -5.35. The summed E-state index contributed by atoms with van der Waals surface area (Å²) >= 11 is 3.50. The van der Waals surface area contributed by atoms with E-state index in [4.69, 9.17) is 14.5 Å². The first-order valence-corrected chi connectivity index (χ1v) is 14.2. The first kappa shape index (κ1) is 26.5. The second-order valence-electron chi connectivity index (χ2n) is 10.1. The van der Waals surface area contributed by atoms with Crippen LogP contribution in [0, 0.1) is 17.0 Å². The first-order valence-electron chi connectivity index (χ1n) is 13.4. The van der Waals surface area contributed by atoms with Gasteiger partial charge in [-0.3, -0.25) is 14.9 Å². The third-order valence-corrected chi connectivity index (χ3v) is 7.99. The van der Waals surface area contributed by atoms with Gasteiger partial charge in [0.05, 0.1) is 22.0 Å². The Bertz CT molecular complexity index is 2310. The number of hydrogen-bond acceptors (Lipinski definition) is 6. The van der Waals surface area contributed by atoms with Gasteiger partial charge in [-0.2, -0.15) is 9.78 Å². The van der Waals surface area contributed by atoms with E-state index >= 15 is 0 Å². The number of nitro groups is 1. The Morgan fingerprint density at radius 3 is 2.60 bits per heavy atom. The van der Waals surface area contributed by atoms with Gasteiger partial charge < -0.3 is 8.98 Å². The molecule has 0 unspecified atom stereocenters. The maximum absolute atomic E-state index is 13.8. The lowest BCUT2D eigenvalue weighted by Gasteiger charge is -2.09. The van der Waals surface area contributed by atoms with Crippen molar-refractivity contribution in [1.82, 2.24) is 14.2 Å². The topological polar surface area (TPSA) is 108 Å². The zero-order valence-electron chi connectivity index (χ0n) is 22.8. The number of aromatic nitrogens is 3. The number of para-hydroxylation sites is 2. The second kappa shape index (κ2) is 10.5. The Kier molecular flexibility index (Phi) is 6.47. The molecule has 7 rings (SSSR count). The van der Waals surface area contributed by atoms with Crippen LogP contribution < -0.4 is 5.56 Å². The van der Waals surface area contributed by atoms with Crippen LogP contribution in [0.1, 0.15) is 16.8 Å². The molecular formula is C33H22BrN5O4. The van der Waals surface area contributed by atoms with Gasteiger partial charge in [-0.1, -0.05) is 58.4 Å². The molecule has 0 radical (unpaired) electrons. The maximum atomic E-state index is 13.8. The molecule has 0 aliphatic heterocycles. The van der Waals surface area contributed by atoms with Gasteiger partial charge in [0.25, 0.3) is 11.2 Å². The highest BCUT2D eigenvalue weighted by Crippen LogP contribution is 2.30. The van der Waals surface area contributed by atoms with E-state index in [0.717, 1.165) is 37.6 Å². The number of hydrogen-bond donors (Lipinski definition) is 0. The highest BCUT2D eigenvalue weighted by Gasteiger charge is 2.18. The molecule has 0 saturated carbocycles. The van der Waals surface area contributed by atoms with Gasteiger partial charge in [-0.05, 0) is 55.0 Å². The summed E-state index contributed by atoms with van der Waals surface area (Å²) in [4.78, 5) is 29.5. The summed E-state index contributed by atoms with van der Waals surface area (Å²) in [6.07, 6.45) is 1.67. The van der Waals surface area contributed by atoms with Crippen molar-refractivity contribution in [2.24, 2.45) is 5.10 Å². The number of nitrogens with zero attached hydrogens (tertiary/aromatic N) is 5. The van der Waals surface area contributed by atoms with Crippen LogP contribution in [0.15, 0.2) is 116 Å². The number of halogens is 1. The van der Waals surface area contributed by atoms with E-state index in [0.29, 0.717) is 28.8 Å². The van der Waals surface area contributed by atoms with E-state index in [2.05, 4.69) is 20.5 Å². The Labute approximate surface area is 252 Å². The zero-order chi connectivity index (χ0) is 29.7. The Morgan fingerprint density at radius 2 is 1.77 bits per heavy atom. The number of rotatable bonds is 6. The lowest BCUT2D eigenvalue weighted by molar-refractivity contribution is -0.384. The van der Waals surface area contributed by atoms with E-state index in [1.54, 1.807) is 36.5 Å². The van der Waals surface area contributed by atoms with Gasteiger partial charge in [0.1, 0.15) is 5.58 Å². The van der Waals surface area contributed by atoms with Crippen LogP contribution in [-0.4, -0.2) is 25.4 Å². The molecule has 0 spiro atoms. The third kappa shape index (κ3) is 4.71. The molecule has 3 aromatic heterocycles. The van der Waals surface area contributed by atoms with E-state index in [1.165, 1.54) is 10.7 Å². The van der Waals surface area contributed by atoms with Gasteiger partial charge in [0.2, 0.25) is 5.82 Å². The molecule has 10 heteroatoms. The summed E-state index contributed by atoms with van der Waals surface area (Å²) in [6.45, 7) is 2.40. The quantitative estimate of drug-likeness (QED) is 0.106. The van der Waals surface area contributed by atoms with Crippen molar-refractivity contribution in [3.05, 3.63) is 139 Å². The van der Waals surface area contributed by atoms with E-state index in [-0.39, 0.29) is 17.1 Å². The summed E-state index contributed by atoms with van der Waals surface area (Å²) in [6, 6.07) is 29.2. The number of benzene rings is 4. The molecular weight excluding hydrogens is 610 g/mol. The largest absolute Gasteiger partial charge is 0.453 e. The molecule has 210 valence electrons. The monoisotopic (exact) mass is 631 g/mol. The fraction of sp³-hybridized carbons (Fsp3) is 0.0606. The molecule has 0 amide bonds.